The van der Waals surface area contributed by atoms with Crippen LogP contribution in [0.15, 0.2) is 95.2 Å². The molecule has 0 fully saturated rings. The normalized spacial score (nSPS) is 16.9. The van der Waals surface area contributed by atoms with Crippen LogP contribution in [0.5, 0.6) is 0 Å². The van der Waals surface area contributed by atoms with E-state index in [1.807, 2.05) is 24.3 Å². The third kappa shape index (κ3) is 5.46. The predicted molar refractivity (Wildman–Crippen MR) is 138 cm³/mol. The number of para-hydroxylation sites is 2. The molecule has 4 nitrogen and oxygen atoms in total. The second-order valence-corrected chi connectivity index (χ2v) is 18.9. The fraction of sp³-hybridized carbons (Fsp3) is 0.250. The molecular formula is C24H32N4Si2. The number of hydrazone groups is 2. The van der Waals surface area contributed by atoms with Crippen molar-refractivity contribution >= 4 is 39.3 Å². The molecular weight excluding hydrogens is 400 g/mol. The molecule has 0 radical (unpaired) electrons. The standard InChI is InChI=1S/C24H32N4Si2/c1-29(2,3)27(21-15-9-7-10-16-21)25-23-19-13-14-20-24(23)26-28(30(4,5)6)22-17-11-8-12-18-22/h7-20H,1-6H3. The highest BCUT2D eigenvalue weighted by atomic mass is 28.3. The Balaban J connectivity index is 2.07. The summed E-state index contributed by atoms with van der Waals surface area (Å²) in [6, 6.07) is 20.8. The van der Waals surface area contributed by atoms with Gasteiger partial charge in [-0.15, -0.1) is 0 Å². The molecule has 2 aromatic rings. The molecule has 0 saturated heterocycles. The van der Waals surface area contributed by atoms with Gasteiger partial charge in [0.05, 0.1) is 0 Å². The lowest BCUT2D eigenvalue weighted by molar-refractivity contribution is 1.11. The van der Waals surface area contributed by atoms with Gasteiger partial charge in [0.2, 0.25) is 0 Å². The summed E-state index contributed by atoms with van der Waals surface area (Å²) >= 11 is 0. The molecule has 6 heteroatoms. The summed E-state index contributed by atoms with van der Waals surface area (Å²) in [6.45, 7) is 13.8. The van der Waals surface area contributed by atoms with Crippen LogP contribution in [0.4, 0.5) is 11.4 Å². The Morgan fingerprint density at radius 1 is 0.533 bits per heavy atom. The van der Waals surface area contributed by atoms with Crippen LogP contribution in [-0.2, 0) is 0 Å². The maximum absolute atomic E-state index is 5.12. The Labute approximate surface area is 183 Å². The second kappa shape index (κ2) is 8.97. The van der Waals surface area contributed by atoms with E-state index in [4.69, 9.17) is 10.2 Å². The maximum atomic E-state index is 5.12. The molecule has 0 saturated carbocycles. The van der Waals surface area contributed by atoms with Gasteiger partial charge in [0, 0.05) is 11.4 Å². The largest absolute Gasteiger partial charge is 0.295 e. The lowest BCUT2D eigenvalue weighted by Gasteiger charge is -2.34. The van der Waals surface area contributed by atoms with Crippen molar-refractivity contribution in [3.63, 3.8) is 0 Å². The van der Waals surface area contributed by atoms with Crippen molar-refractivity contribution in [2.75, 3.05) is 9.35 Å². The van der Waals surface area contributed by atoms with Gasteiger partial charge in [0.1, 0.15) is 11.4 Å². The summed E-state index contributed by atoms with van der Waals surface area (Å²) < 4.78 is 4.42. The number of hydrogen-bond donors (Lipinski definition) is 0. The van der Waals surface area contributed by atoms with Crippen LogP contribution in [0.25, 0.3) is 0 Å². The van der Waals surface area contributed by atoms with E-state index in [9.17, 15) is 0 Å². The lowest BCUT2D eigenvalue weighted by Crippen LogP contribution is -2.45. The van der Waals surface area contributed by atoms with Crippen molar-refractivity contribution in [2.24, 2.45) is 10.2 Å². The average Bonchev–Trinajstić information content (AvgIpc) is 2.70. The van der Waals surface area contributed by atoms with Crippen molar-refractivity contribution < 1.29 is 0 Å². The summed E-state index contributed by atoms with van der Waals surface area (Å²) in [5.41, 5.74) is 4.03. The van der Waals surface area contributed by atoms with Crippen LogP contribution in [0, 0.1) is 0 Å². The van der Waals surface area contributed by atoms with E-state index in [-0.39, 0.29) is 0 Å². The second-order valence-electron chi connectivity index (χ2n) is 9.33. The van der Waals surface area contributed by atoms with E-state index in [2.05, 4.69) is 109 Å². The highest BCUT2D eigenvalue weighted by Gasteiger charge is 2.28. The van der Waals surface area contributed by atoms with Crippen LogP contribution in [0.3, 0.4) is 0 Å². The topological polar surface area (TPSA) is 31.2 Å². The van der Waals surface area contributed by atoms with E-state index < -0.39 is 16.5 Å². The van der Waals surface area contributed by atoms with E-state index in [1.54, 1.807) is 0 Å². The first-order valence-corrected chi connectivity index (χ1v) is 17.3. The van der Waals surface area contributed by atoms with Gasteiger partial charge < -0.3 is 0 Å². The number of rotatable bonds is 6. The van der Waals surface area contributed by atoms with Crippen LogP contribution in [0.1, 0.15) is 0 Å². The van der Waals surface area contributed by atoms with Crippen molar-refractivity contribution in [2.45, 2.75) is 39.3 Å². The molecule has 0 bridgehead atoms. The molecule has 0 spiro atoms. The van der Waals surface area contributed by atoms with Gasteiger partial charge in [0.15, 0.2) is 16.5 Å². The zero-order valence-corrected chi connectivity index (χ0v) is 20.9. The number of nitrogens with zero attached hydrogens (tertiary/aromatic N) is 4. The first-order chi connectivity index (χ1) is 14.2. The van der Waals surface area contributed by atoms with E-state index in [1.165, 1.54) is 0 Å². The summed E-state index contributed by atoms with van der Waals surface area (Å²) in [6.07, 6.45) is 8.18. The van der Waals surface area contributed by atoms with E-state index in [0.717, 1.165) is 22.8 Å². The van der Waals surface area contributed by atoms with Crippen molar-refractivity contribution in [3.8, 4) is 0 Å². The maximum Gasteiger partial charge on any atom is 0.176 e. The average molecular weight is 433 g/mol. The van der Waals surface area contributed by atoms with E-state index in [0.29, 0.717) is 0 Å². The molecule has 2 aromatic carbocycles. The quantitative estimate of drug-likeness (QED) is 0.296. The molecule has 0 aromatic heterocycles. The molecule has 1 aliphatic carbocycles. The molecule has 3 rings (SSSR count). The molecule has 0 N–H and O–H groups in total. The Morgan fingerprint density at radius 2 is 0.867 bits per heavy atom. The number of hydrogen-bond acceptors (Lipinski definition) is 4. The summed E-state index contributed by atoms with van der Waals surface area (Å²) in [7, 11) is -3.51. The molecule has 0 aliphatic heterocycles. The minimum atomic E-state index is -1.75. The predicted octanol–water partition coefficient (Wildman–Crippen LogP) is 6.51. The smallest absolute Gasteiger partial charge is 0.176 e. The summed E-state index contributed by atoms with van der Waals surface area (Å²) in [4.78, 5) is 0. The number of benzene rings is 2. The van der Waals surface area contributed by atoms with Crippen LogP contribution in [0.2, 0.25) is 39.3 Å². The lowest BCUT2D eigenvalue weighted by atomic mass is 10.1. The minimum absolute atomic E-state index is 0.892. The fourth-order valence-corrected chi connectivity index (χ4v) is 5.84. The van der Waals surface area contributed by atoms with Gasteiger partial charge in [-0.1, -0.05) is 48.6 Å². The van der Waals surface area contributed by atoms with Crippen LogP contribution in [-0.4, -0.2) is 27.9 Å². The van der Waals surface area contributed by atoms with Crippen LogP contribution < -0.4 is 9.35 Å². The molecule has 0 unspecified atom stereocenters. The zero-order chi connectivity index (χ0) is 21.8. The molecule has 0 atom stereocenters. The molecule has 156 valence electrons. The first-order valence-electron chi connectivity index (χ1n) is 10.4. The Morgan fingerprint density at radius 3 is 1.17 bits per heavy atom. The van der Waals surface area contributed by atoms with Gasteiger partial charge in [-0.05, 0) is 75.7 Å². The fourth-order valence-electron chi connectivity index (χ4n) is 3.18. The minimum Gasteiger partial charge on any atom is -0.295 e. The van der Waals surface area contributed by atoms with Gasteiger partial charge >= 0.3 is 0 Å². The Kier molecular flexibility index (Phi) is 6.58. The highest BCUT2D eigenvalue weighted by molar-refractivity contribution is 6.80. The first kappa shape index (κ1) is 22.0. The number of anilines is 2. The monoisotopic (exact) mass is 432 g/mol. The Hall–Kier alpha value is -2.71. The zero-order valence-electron chi connectivity index (χ0n) is 18.9. The van der Waals surface area contributed by atoms with Gasteiger partial charge in [-0.3, -0.25) is 9.35 Å². The van der Waals surface area contributed by atoms with Crippen LogP contribution >= 0.6 is 0 Å². The van der Waals surface area contributed by atoms with Gasteiger partial charge in [-0.25, -0.2) is 0 Å². The molecule has 1 aliphatic rings. The van der Waals surface area contributed by atoms with Gasteiger partial charge in [-0.2, -0.15) is 10.2 Å². The van der Waals surface area contributed by atoms with Crippen molar-refractivity contribution in [1.82, 2.24) is 0 Å². The third-order valence-corrected chi connectivity index (χ3v) is 7.83. The molecule has 0 amide bonds. The summed E-state index contributed by atoms with van der Waals surface area (Å²) in [5.74, 6) is 0. The Bertz CT molecular complexity index is 884. The van der Waals surface area contributed by atoms with Crippen molar-refractivity contribution in [3.05, 3.63) is 85.0 Å². The highest BCUT2D eigenvalue weighted by Crippen LogP contribution is 2.24. The van der Waals surface area contributed by atoms with E-state index >= 15 is 0 Å². The molecule has 0 heterocycles. The van der Waals surface area contributed by atoms with Crippen molar-refractivity contribution in [1.29, 1.82) is 0 Å². The SMILES string of the molecule is C[Si](C)(C)N(N=C1C=CC=CC1=NN(c1ccccc1)[Si](C)(C)C)c1ccccc1. The third-order valence-electron chi connectivity index (χ3n) is 4.57. The molecule has 30 heavy (non-hydrogen) atoms. The summed E-state index contributed by atoms with van der Waals surface area (Å²) in [5, 5.41) is 10.2. The van der Waals surface area contributed by atoms with Gasteiger partial charge in [0.25, 0.3) is 0 Å². The number of allylic oxidation sites excluding steroid dienone is 4.